The lowest BCUT2D eigenvalue weighted by Gasteiger charge is -2.13. The number of allylic oxidation sites excluding steroid dienone is 1. The summed E-state index contributed by atoms with van der Waals surface area (Å²) >= 11 is 1.09. The van der Waals surface area contributed by atoms with Gasteiger partial charge in [0.05, 0.1) is 11.4 Å². The molecule has 11 heteroatoms. The highest BCUT2D eigenvalue weighted by atomic mass is 32.2. The number of benzene rings is 1. The van der Waals surface area contributed by atoms with Gasteiger partial charge in [-0.2, -0.15) is 0 Å². The van der Waals surface area contributed by atoms with E-state index in [1.54, 1.807) is 29.1 Å². The number of halogens is 3. The van der Waals surface area contributed by atoms with Crippen LogP contribution in [0, 0.1) is 0 Å². The Kier molecular flexibility index (Phi) is 6.72. The van der Waals surface area contributed by atoms with Gasteiger partial charge >= 0.3 is 6.36 Å². The number of hydrogen-bond donors (Lipinski definition) is 1. The second-order valence-corrected chi connectivity index (χ2v) is 6.77. The summed E-state index contributed by atoms with van der Waals surface area (Å²) in [6, 6.07) is 8.91. The van der Waals surface area contributed by atoms with Crippen LogP contribution in [0.3, 0.4) is 0 Å². The third kappa shape index (κ3) is 5.60. The van der Waals surface area contributed by atoms with E-state index < -0.39 is 18.0 Å². The molecule has 3 rings (SSSR count). The van der Waals surface area contributed by atoms with Gasteiger partial charge < -0.3 is 10.1 Å². The predicted molar refractivity (Wildman–Crippen MR) is 106 cm³/mol. The molecule has 0 saturated carbocycles. The van der Waals surface area contributed by atoms with Crippen LogP contribution >= 0.6 is 11.8 Å². The van der Waals surface area contributed by atoms with E-state index in [4.69, 9.17) is 0 Å². The predicted octanol–water partition coefficient (Wildman–Crippen LogP) is 4.16. The van der Waals surface area contributed by atoms with Crippen molar-refractivity contribution < 1.29 is 22.7 Å². The Morgan fingerprint density at radius 2 is 2.03 bits per heavy atom. The standard InChI is InChI=1S/C19H16F3N5O2S/c1-2-10-27-17(13-6-5-9-23-11-13)25-26-18(27)30-12-16(28)24-14-7-3-4-8-15(14)29-19(20,21)22/h2-9,11H,1,10,12H2,(H,24,28). The lowest BCUT2D eigenvalue weighted by molar-refractivity contribution is -0.274. The van der Waals surface area contributed by atoms with Crippen LogP contribution < -0.4 is 10.1 Å². The molecule has 0 aliphatic heterocycles. The van der Waals surface area contributed by atoms with Crippen LogP contribution in [0.4, 0.5) is 18.9 Å². The Morgan fingerprint density at radius 1 is 1.23 bits per heavy atom. The van der Waals surface area contributed by atoms with Crippen LogP contribution in [-0.2, 0) is 11.3 Å². The number of ether oxygens (including phenoxy) is 1. The van der Waals surface area contributed by atoms with Gasteiger partial charge in [0.25, 0.3) is 0 Å². The summed E-state index contributed by atoms with van der Waals surface area (Å²) in [5.74, 6) is -0.538. The maximum absolute atomic E-state index is 12.5. The molecule has 2 heterocycles. The Balaban J connectivity index is 1.70. The summed E-state index contributed by atoms with van der Waals surface area (Å²) in [5, 5.41) is 11.1. The smallest absolute Gasteiger partial charge is 0.404 e. The number of thioether (sulfide) groups is 1. The van der Waals surface area contributed by atoms with Crippen molar-refractivity contribution in [1.82, 2.24) is 19.7 Å². The zero-order valence-corrected chi connectivity index (χ0v) is 16.3. The first-order valence-electron chi connectivity index (χ1n) is 8.59. The van der Waals surface area contributed by atoms with E-state index >= 15 is 0 Å². The molecule has 0 aliphatic rings. The summed E-state index contributed by atoms with van der Waals surface area (Å²) in [4.78, 5) is 16.3. The van der Waals surface area contributed by atoms with Gasteiger partial charge in [-0.05, 0) is 24.3 Å². The van der Waals surface area contributed by atoms with Gasteiger partial charge in [0, 0.05) is 24.5 Å². The largest absolute Gasteiger partial charge is 0.573 e. The molecule has 1 amide bonds. The van der Waals surface area contributed by atoms with E-state index in [1.165, 1.54) is 18.2 Å². The van der Waals surface area contributed by atoms with Gasteiger partial charge in [0.15, 0.2) is 16.7 Å². The molecule has 1 N–H and O–H groups in total. The number of nitrogens with zero attached hydrogens (tertiary/aromatic N) is 4. The number of pyridine rings is 1. The fourth-order valence-corrected chi connectivity index (χ4v) is 3.25. The van der Waals surface area contributed by atoms with E-state index in [1.807, 2.05) is 6.07 Å². The molecule has 0 spiro atoms. The highest BCUT2D eigenvalue weighted by Gasteiger charge is 2.32. The van der Waals surface area contributed by atoms with Crippen molar-refractivity contribution in [2.75, 3.05) is 11.1 Å². The average Bonchev–Trinajstić information content (AvgIpc) is 3.10. The topological polar surface area (TPSA) is 81.9 Å². The van der Waals surface area contributed by atoms with Gasteiger partial charge in [-0.1, -0.05) is 30.0 Å². The second kappa shape index (κ2) is 9.44. The number of anilines is 1. The maximum Gasteiger partial charge on any atom is 0.573 e. The van der Waals surface area contributed by atoms with Crippen LogP contribution in [0.15, 0.2) is 66.6 Å². The van der Waals surface area contributed by atoms with Crippen molar-refractivity contribution in [2.45, 2.75) is 18.1 Å². The number of carbonyl (C=O) groups is 1. The number of aromatic nitrogens is 4. The van der Waals surface area contributed by atoms with E-state index in [0.29, 0.717) is 17.5 Å². The summed E-state index contributed by atoms with van der Waals surface area (Å²) in [7, 11) is 0. The van der Waals surface area contributed by atoms with Crippen LogP contribution in [-0.4, -0.2) is 37.8 Å². The van der Waals surface area contributed by atoms with Crippen molar-refractivity contribution in [3.05, 3.63) is 61.4 Å². The third-order valence-electron chi connectivity index (χ3n) is 3.67. The first-order chi connectivity index (χ1) is 14.4. The van der Waals surface area contributed by atoms with Crippen molar-refractivity contribution in [2.24, 2.45) is 0 Å². The first kappa shape index (κ1) is 21.4. The third-order valence-corrected chi connectivity index (χ3v) is 4.63. The summed E-state index contributed by atoms with van der Waals surface area (Å²) in [6.07, 6.45) is 0.0812. The van der Waals surface area contributed by atoms with Crippen molar-refractivity contribution in [1.29, 1.82) is 0 Å². The molecule has 0 bridgehead atoms. The minimum Gasteiger partial charge on any atom is -0.404 e. The number of para-hydroxylation sites is 2. The van der Waals surface area contributed by atoms with Gasteiger partial charge in [0.1, 0.15) is 0 Å². The van der Waals surface area contributed by atoms with Gasteiger partial charge in [0.2, 0.25) is 5.91 Å². The highest BCUT2D eigenvalue weighted by molar-refractivity contribution is 7.99. The molecule has 1 aromatic carbocycles. The summed E-state index contributed by atoms with van der Waals surface area (Å²) < 4.78 is 43.3. The fraction of sp³-hybridized carbons (Fsp3) is 0.158. The number of carbonyl (C=O) groups excluding carboxylic acids is 1. The number of rotatable bonds is 8. The molecule has 0 fully saturated rings. The van der Waals surface area contributed by atoms with E-state index in [2.05, 4.69) is 31.8 Å². The van der Waals surface area contributed by atoms with Crippen LogP contribution in [0.2, 0.25) is 0 Å². The molecular formula is C19H16F3N5O2S. The van der Waals surface area contributed by atoms with E-state index in [-0.39, 0.29) is 11.4 Å². The zero-order chi connectivity index (χ0) is 21.6. The average molecular weight is 435 g/mol. The van der Waals surface area contributed by atoms with Crippen LogP contribution in [0.5, 0.6) is 5.75 Å². The monoisotopic (exact) mass is 435 g/mol. The molecule has 2 aromatic heterocycles. The van der Waals surface area contributed by atoms with Gasteiger partial charge in [-0.15, -0.1) is 29.9 Å². The Bertz CT molecular complexity index is 1020. The Morgan fingerprint density at radius 3 is 2.73 bits per heavy atom. The molecule has 156 valence electrons. The Labute approximate surface area is 174 Å². The number of nitrogens with one attached hydrogen (secondary N) is 1. The minimum atomic E-state index is -4.86. The molecular weight excluding hydrogens is 419 g/mol. The first-order valence-corrected chi connectivity index (χ1v) is 9.58. The quantitative estimate of drug-likeness (QED) is 0.423. The highest BCUT2D eigenvalue weighted by Crippen LogP contribution is 2.30. The Hall–Kier alpha value is -3.34. The molecule has 0 unspecified atom stereocenters. The lowest BCUT2D eigenvalue weighted by atomic mass is 10.3. The fourth-order valence-electron chi connectivity index (χ4n) is 2.50. The molecule has 0 aliphatic carbocycles. The van der Waals surface area contributed by atoms with E-state index in [9.17, 15) is 18.0 Å². The van der Waals surface area contributed by atoms with Gasteiger partial charge in [-0.3, -0.25) is 14.3 Å². The molecule has 30 heavy (non-hydrogen) atoms. The second-order valence-electron chi connectivity index (χ2n) is 5.83. The summed E-state index contributed by atoms with van der Waals surface area (Å²) in [5.41, 5.74) is 0.672. The van der Waals surface area contributed by atoms with Crippen molar-refractivity contribution in [3.63, 3.8) is 0 Å². The summed E-state index contributed by atoms with van der Waals surface area (Å²) in [6.45, 7) is 4.12. The van der Waals surface area contributed by atoms with Crippen molar-refractivity contribution >= 4 is 23.4 Å². The number of amides is 1. The SMILES string of the molecule is C=CCn1c(SCC(=O)Nc2ccccc2OC(F)(F)F)nnc1-c1cccnc1. The van der Waals surface area contributed by atoms with Crippen LogP contribution in [0.25, 0.3) is 11.4 Å². The molecule has 3 aromatic rings. The molecule has 0 atom stereocenters. The van der Waals surface area contributed by atoms with Crippen molar-refractivity contribution in [3.8, 4) is 17.1 Å². The molecule has 0 saturated heterocycles. The van der Waals surface area contributed by atoms with Gasteiger partial charge in [-0.25, -0.2) is 0 Å². The number of alkyl halides is 3. The number of hydrogen-bond acceptors (Lipinski definition) is 6. The maximum atomic E-state index is 12.5. The van der Waals surface area contributed by atoms with Crippen LogP contribution in [0.1, 0.15) is 0 Å². The lowest BCUT2D eigenvalue weighted by Crippen LogP contribution is -2.20. The zero-order valence-electron chi connectivity index (χ0n) is 15.5. The molecule has 7 nitrogen and oxygen atoms in total. The minimum absolute atomic E-state index is 0.0796. The van der Waals surface area contributed by atoms with E-state index in [0.717, 1.165) is 23.4 Å². The normalized spacial score (nSPS) is 11.2. The molecule has 0 radical (unpaired) electrons.